The largest absolute Gasteiger partial charge is 0.312 e. The highest BCUT2D eigenvalue weighted by Crippen LogP contribution is 2.44. The Kier molecular flexibility index (Phi) is 3.62. The normalized spacial score (nSPS) is 14.8. The maximum atomic E-state index is 13.8. The van der Waals surface area contributed by atoms with Crippen molar-refractivity contribution in [2.75, 3.05) is 6.54 Å². The summed E-state index contributed by atoms with van der Waals surface area (Å²) in [5.74, 6) is 0.416. The Morgan fingerprint density at radius 2 is 2.16 bits per heavy atom. The summed E-state index contributed by atoms with van der Waals surface area (Å²) in [6, 6.07) is 6.88. The van der Waals surface area contributed by atoms with Crippen LogP contribution >= 0.6 is 11.3 Å². The van der Waals surface area contributed by atoms with Crippen LogP contribution in [0.2, 0.25) is 0 Å². The van der Waals surface area contributed by atoms with E-state index < -0.39 is 0 Å². The smallest absolute Gasteiger partial charge is 0.133 e. The number of hydrogen-bond donors (Lipinski definition) is 1. The maximum absolute atomic E-state index is 13.8. The summed E-state index contributed by atoms with van der Waals surface area (Å²) in [5.41, 5.74) is 1.81. The molecule has 1 aromatic carbocycles. The number of nitrogens with one attached hydrogen (secondary N) is 1. The second-order valence-electron chi connectivity index (χ2n) is 4.86. The number of hydrogen-bond acceptors (Lipinski definition) is 3. The summed E-state index contributed by atoms with van der Waals surface area (Å²) in [6.07, 6.45) is 2.44. The summed E-state index contributed by atoms with van der Waals surface area (Å²) in [5, 5.41) is 4.16. The predicted octanol–water partition coefficient (Wildman–Crippen LogP) is 3.94. The van der Waals surface area contributed by atoms with Crippen LogP contribution in [-0.2, 0) is 6.54 Å². The van der Waals surface area contributed by atoms with E-state index in [1.807, 2.05) is 12.1 Å². The molecular formula is C15H17FN2S. The van der Waals surface area contributed by atoms with Crippen molar-refractivity contribution in [3.8, 4) is 10.6 Å². The van der Waals surface area contributed by atoms with Gasteiger partial charge < -0.3 is 5.32 Å². The van der Waals surface area contributed by atoms with Crippen molar-refractivity contribution in [1.29, 1.82) is 0 Å². The molecule has 1 N–H and O–H groups in total. The van der Waals surface area contributed by atoms with Gasteiger partial charge in [0.2, 0.25) is 0 Å². The van der Waals surface area contributed by atoms with Crippen molar-refractivity contribution in [2.45, 2.75) is 32.2 Å². The minimum atomic E-state index is -0.186. The van der Waals surface area contributed by atoms with E-state index in [0.717, 1.165) is 18.1 Å². The van der Waals surface area contributed by atoms with E-state index in [9.17, 15) is 4.39 Å². The Bertz CT molecular complexity index is 575. The zero-order valence-electron chi connectivity index (χ0n) is 10.9. The third-order valence-electron chi connectivity index (χ3n) is 3.33. The van der Waals surface area contributed by atoms with Crippen molar-refractivity contribution >= 4 is 11.3 Å². The number of halogens is 1. The number of nitrogens with zero attached hydrogens (tertiary/aromatic N) is 1. The zero-order valence-corrected chi connectivity index (χ0v) is 11.8. The van der Waals surface area contributed by atoms with E-state index >= 15 is 0 Å². The highest BCUT2D eigenvalue weighted by molar-refractivity contribution is 7.15. The summed E-state index contributed by atoms with van der Waals surface area (Å²) in [4.78, 5) is 5.96. The lowest BCUT2D eigenvalue weighted by Crippen LogP contribution is -2.11. The molecule has 2 aromatic rings. The van der Waals surface area contributed by atoms with Crippen LogP contribution in [0.4, 0.5) is 4.39 Å². The molecule has 0 amide bonds. The van der Waals surface area contributed by atoms with Gasteiger partial charge in [-0.2, -0.15) is 0 Å². The molecule has 1 saturated carbocycles. The Morgan fingerprint density at radius 3 is 2.84 bits per heavy atom. The van der Waals surface area contributed by atoms with Crippen LogP contribution in [0.15, 0.2) is 24.3 Å². The molecule has 1 heterocycles. The molecule has 0 aliphatic heterocycles. The average Bonchev–Trinajstić information content (AvgIpc) is 3.18. The van der Waals surface area contributed by atoms with Crippen LogP contribution in [0.3, 0.4) is 0 Å². The van der Waals surface area contributed by atoms with Gasteiger partial charge in [0, 0.05) is 22.9 Å². The minimum Gasteiger partial charge on any atom is -0.312 e. The van der Waals surface area contributed by atoms with Gasteiger partial charge in [-0.15, -0.1) is 11.3 Å². The Balaban J connectivity index is 1.96. The summed E-state index contributed by atoms with van der Waals surface area (Å²) in [6.45, 7) is 3.88. The molecule has 100 valence electrons. The van der Waals surface area contributed by atoms with Gasteiger partial charge in [0.1, 0.15) is 10.8 Å². The minimum absolute atomic E-state index is 0.186. The van der Waals surface area contributed by atoms with Crippen molar-refractivity contribution in [1.82, 2.24) is 10.3 Å². The van der Waals surface area contributed by atoms with E-state index in [-0.39, 0.29) is 5.82 Å². The van der Waals surface area contributed by atoms with Crippen LogP contribution in [-0.4, -0.2) is 11.5 Å². The van der Waals surface area contributed by atoms with Gasteiger partial charge in [-0.3, -0.25) is 0 Å². The van der Waals surface area contributed by atoms with Gasteiger partial charge in [0.05, 0.1) is 5.69 Å². The Labute approximate surface area is 116 Å². The van der Waals surface area contributed by atoms with Crippen LogP contribution < -0.4 is 5.32 Å². The molecule has 0 unspecified atom stereocenters. The molecule has 1 aliphatic carbocycles. The lowest BCUT2D eigenvalue weighted by molar-refractivity contribution is 0.631. The first kappa shape index (κ1) is 12.8. The SMILES string of the molecule is CCNCc1sc(-c2ccccc2F)nc1C1CC1. The van der Waals surface area contributed by atoms with Gasteiger partial charge in [-0.1, -0.05) is 19.1 Å². The third-order valence-corrected chi connectivity index (χ3v) is 4.44. The third kappa shape index (κ3) is 2.69. The summed E-state index contributed by atoms with van der Waals surface area (Å²) < 4.78 is 13.8. The van der Waals surface area contributed by atoms with Gasteiger partial charge >= 0.3 is 0 Å². The van der Waals surface area contributed by atoms with E-state index in [1.54, 1.807) is 17.4 Å². The molecule has 1 fully saturated rings. The van der Waals surface area contributed by atoms with E-state index in [4.69, 9.17) is 4.98 Å². The molecule has 0 bridgehead atoms. The number of benzene rings is 1. The van der Waals surface area contributed by atoms with E-state index in [0.29, 0.717) is 11.5 Å². The lowest BCUT2D eigenvalue weighted by atomic mass is 10.2. The number of aromatic nitrogens is 1. The van der Waals surface area contributed by atoms with Crippen molar-refractivity contribution in [2.24, 2.45) is 0 Å². The van der Waals surface area contributed by atoms with Crippen molar-refractivity contribution < 1.29 is 4.39 Å². The van der Waals surface area contributed by atoms with Crippen LogP contribution in [0.1, 0.15) is 36.3 Å². The van der Waals surface area contributed by atoms with Crippen LogP contribution in [0.5, 0.6) is 0 Å². The first-order chi connectivity index (χ1) is 9.29. The van der Waals surface area contributed by atoms with E-state index in [2.05, 4.69) is 12.2 Å². The standard InChI is InChI=1S/C15H17FN2S/c1-2-17-9-13-14(10-7-8-10)18-15(19-13)11-5-3-4-6-12(11)16/h3-6,10,17H,2,7-9H2,1H3. The molecule has 2 nitrogen and oxygen atoms in total. The summed E-state index contributed by atoms with van der Waals surface area (Å²) >= 11 is 1.62. The van der Waals surface area contributed by atoms with Gasteiger partial charge in [-0.05, 0) is 31.5 Å². The molecule has 0 spiro atoms. The van der Waals surface area contributed by atoms with Gasteiger partial charge in [-0.25, -0.2) is 9.37 Å². The highest BCUT2D eigenvalue weighted by Gasteiger charge is 2.29. The van der Waals surface area contributed by atoms with Gasteiger partial charge in [0.15, 0.2) is 0 Å². The zero-order chi connectivity index (χ0) is 13.2. The monoisotopic (exact) mass is 276 g/mol. The van der Waals surface area contributed by atoms with Crippen molar-refractivity contribution in [3.63, 3.8) is 0 Å². The Hall–Kier alpha value is -1.26. The molecule has 4 heteroatoms. The van der Waals surface area contributed by atoms with Gasteiger partial charge in [0.25, 0.3) is 0 Å². The molecule has 0 radical (unpaired) electrons. The maximum Gasteiger partial charge on any atom is 0.133 e. The molecular weight excluding hydrogens is 259 g/mol. The molecule has 1 aliphatic rings. The lowest BCUT2D eigenvalue weighted by Gasteiger charge is -2.00. The Morgan fingerprint density at radius 1 is 1.37 bits per heavy atom. The fourth-order valence-corrected chi connectivity index (χ4v) is 3.30. The molecule has 19 heavy (non-hydrogen) atoms. The highest BCUT2D eigenvalue weighted by atomic mass is 32.1. The van der Waals surface area contributed by atoms with Crippen LogP contribution in [0.25, 0.3) is 10.6 Å². The quantitative estimate of drug-likeness (QED) is 0.895. The molecule has 0 saturated heterocycles. The first-order valence-electron chi connectivity index (χ1n) is 6.74. The number of rotatable bonds is 5. The predicted molar refractivity (Wildman–Crippen MR) is 76.9 cm³/mol. The second-order valence-corrected chi connectivity index (χ2v) is 5.95. The fourth-order valence-electron chi connectivity index (χ4n) is 2.15. The molecule has 0 atom stereocenters. The van der Waals surface area contributed by atoms with E-state index in [1.165, 1.54) is 29.5 Å². The average molecular weight is 276 g/mol. The molecule has 1 aromatic heterocycles. The fraction of sp³-hybridized carbons (Fsp3) is 0.400. The topological polar surface area (TPSA) is 24.9 Å². The van der Waals surface area contributed by atoms with Crippen LogP contribution in [0, 0.1) is 5.82 Å². The van der Waals surface area contributed by atoms with Crippen molar-refractivity contribution in [3.05, 3.63) is 40.7 Å². The number of thiazole rings is 1. The summed E-state index contributed by atoms with van der Waals surface area (Å²) in [7, 11) is 0. The second kappa shape index (κ2) is 5.39. The molecule has 3 rings (SSSR count). The first-order valence-corrected chi connectivity index (χ1v) is 7.56.